The van der Waals surface area contributed by atoms with Crippen molar-refractivity contribution in [2.24, 2.45) is 5.92 Å². The highest BCUT2D eigenvalue weighted by Gasteiger charge is 2.11. The number of esters is 1. The van der Waals surface area contributed by atoms with Crippen LogP contribution in [0.15, 0.2) is 33.5 Å². The molecule has 0 atom stereocenters. The molecule has 94 valence electrons. The first-order valence-corrected chi connectivity index (χ1v) is 5.52. The Bertz CT molecular complexity index is 658. The van der Waals surface area contributed by atoms with Crippen LogP contribution < -0.4 is 16.1 Å². The second-order valence-electron chi connectivity index (χ2n) is 4.26. The molecule has 0 spiro atoms. The van der Waals surface area contributed by atoms with Crippen molar-refractivity contribution in [1.82, 2.24) is 0 Å². The zero-order valence-electron chi connectivity index (χ0n) is 10.1. The molecule has 0 aliphatic rings. The second kappa shape index (κ2) is 4.52. The number of carbonyl (C=O) groups excluding carboxylic acids is 1. The van der Waals surface area contributed by atoms with Crippen LogP contribution in [0.25, 0.3) is 11.0 Å². The molecule has 1 aromatic heterocycles. The van der Waals surface area contributed by atoms with Crippen LogP contribution in [0, 0.1) is 5.92 Å². The Labute approximate surface area is 103 Å². The molecule has 0 aliphatic heterocycles. The first-order chi connectivity index (χ1) is 8.47. The molecule has 0 saturated heterocycles. The molecule has 2 N–H and O–H groups in total. The number of benzene rings is 1. The van der Waals surface area contributed by atoms with Gasteiger partial charge in [-0.25, -0.2) is 4.79 Å². The summed E-state index contributed by atoms with van der Waals surface area (Å²) in [5.74, 6) is -0.222. The highest BCUT2D eigenvalue weighted by Crippen LogP contribution is 2.21. The van der Waals surface area contributed by atoms with Crippen LogP contribution in [-0.2, 0) is 4.79 Å². The van der Waals surface area contributed by atoms with E-state index in [9.17, 15) is 9.59 Å². The molecule has 2 aromatic rings. The van der Waals surface area contributed by atoms with Crippen molar-refractivity contribution in [2.75, 3.05) is 5.73 Å². The van der Waals surface area contributed by atoms with Crippen molar-refractivity contribution in [3.8, 4) is 5.75 Å². The van der Waals surface area contributed by atoms with Crippen LogP contribution in [0.3, 0.4) is 0 Å². The molecular weight excluding hydrogens is 234 g/mol. The summed E-state index contributed by atoms with van der Waals surface area (Å²) in [6.45, 7) is 3.48. The minimum Gasteiger partial charge on any atom is -0.426 e. The number of ether oxygens (including phenoxy) is 1. The molecule has 1 aromatic carbocycles. The summed E-state index contributed by atoms with van der Waals surface area (Å²) in [5, 5.41) is 0.677. The first kappa shape index (κ1) is 12.2. The van der Waals surface area contributed by atoms with Gasteiger partial charge in [0, 0.05) is 11.5 Å². The third kappa shape index (κ3) is 2.34. The Balaban J connectivity index is 2.41. The van der Waals surface area contributed by atoms with Crippen LogP contribution in [0.5, 0.6) is 5.75 Å². The third-order valence-electron chi connectivity index (χ3n) is 2.42. The van der Waals surface area contributed by atoms with Gasteiger partial charge in [-0.1, -0.05) is 13.8 Å². The molecular formula is C13H13NO4. The lowest BCUT2D eigenvalue weighted by atomic mass is 10.2. The van der Waals surface area contributed by atoms with Gasteiger partial charge < -0.3 is 14.9 Å². The summed E-state index contributed by atoms with van der Waals surface area (Å²) < 4.78 is 10.1. The Morgan fingerprint density at radius 3 is 2.72 bits per heavy atom. The van der Waals surface area contributed by atoms with E-state index in [2.05, 4.69) is 0 Å². The van der Waals surface area contributed by atoms with E-state index in [0.717, 1.165) is 0 Å². The lowest BCUT2D eigenvalue weighted by Gasteiger charge is -2.07. The van der Waals surface area contributed by atoms with E-state index in [4.69, 9.17) is 14.9 Å². The van der Waals surface area contributed by atoms with Gasteiger partial charge in [-0.2, -0.15) is 0 Å². The van der Waals surface area contributed by atoms with Gasteiger partial charge in [0.2, 0.25) is 0 Å². The van der Waals surface area contributed by atoms with Crippen molar-refractivity contribution < 1.29 is 13.9 Å². The van der Waals surface area contributed by atoms with Crippen LogP contribution in [0.4, 0.5) is 5.69 Å². The van der Waals surface area contributed by atoms with Crippen LogP contribution in [0.1, 0.15) is 13.8 Å². The smallest absolute Gasteiger partial charge is 0.359 e. The zero-order valence-corrected chi connectivity index (χ0v) is 10.1. The molecule has 0 radical (unpaired) electrons. The fourth-order valence-corrected chi connectivity index (χ4v) is 1.41. The molecule has 0 aliphatic carbocycles. The number of rotatable bonds is 2. The molecule has 18 heavy (non-hydrogen) atoms. The van der Waals surface area contributed by atoms with Gasteiger partial charge in [-0.15, -0.1) is 0 Å². The minimum absolute atomic E-state index is 0.0504. The number of hydrogen-bond acceptors (Lipinski definition) is 5. The van der Waals surface area contributed by atoms with E-state index >= 15 is 0 Å². The standard InChI is InChI=1S/C13H13NO4/c1-7(2)12(15)17-9-4-3-8-5-10(14)13(16)18-11(8)6-9/h3-7H,14H2,1-2H3. The second-order valence-corrected chi connectivity index (χ2v) is 4.26. The maximum atomic E-state index is 11.4. The topological polar surface area (TPSA) is 82.5 Å². The Morgan fingerprint density at radius 2 is 2.06 bits per heavy atom. The molecule has 0 bridgehead atoms. The highest BCUT2D eigenvalue weighted by atomic mass is 16.5. The van der Waals surface area contributed by atoms with E-state index < -0.39 is 5.63 Å². The van der Waals surface area contributed by atoms with Gasteiger partial charge in [0.1, 0.15) is 17.0 Å². The van der Waals surface area contributed by atoms with Gasteiger partial charge in [0.05, 0.1) is 5.92 Å². The molecule has 0 saturated carbocycles. The number of nitrogen functional groups attached to an aromatic ring is 1. The number of fused-ring (bicyclic) bond motifs is 1. The number of hydrogen-bond donors (Lipinski definition) is 1. The summed E-state index contributed by atoms with van der Waals surface area (Å²) in [7, 11) is 0. The third-order valence-corrected chi connectivity index (χ3v) is 2.42. The summed E-state index contributed by atoms with van der Waals surface area (Å²) in [5.41, 5.74) is 5.24. The summed E-state index contributed by atoms with van der Waals surface area (Å²) in [6, 6.07) is 6.32. The van der Waals surface area contributed by atoms with Gasteiger partial charge >= 0.3 is 11.6 Å². The van der Waals surface area contributed by atoms with Crippen molar-refractivity contribution in [3.05, 3.63) is 34.7 Å². The van der Waals surface area contributed by atoms with Gasteiger partial charge in [-0.3, -0.25) is 4.79 Å². The summed E-state index contributed by atoms with van der Waals surface area (Å²) in [4.78, 5) is 22.7. The maximum absolute atomic E-state index is 11.4. The predicted molar refractivity (Wildman–Crippen MR) is 67.4 cm³/mol. The maximum Gasteiger partial charge on any atom is 0.359 e. The molecule has 1 heterocycles. The van der Waals surface area contributed by atoms with E-state index in [1.165, 1.54) is 12.1 Å². The predicted octanol–water partition coefficient (Wildman–Crippen LogP) is 1.94. The number of carbonyl (C=O) groups is 1. The Hall–Kier alpha value is -2.30. The average molecular weight is 247 g/mol. The number of nitrogens with two attached hydrogens (primary N) is 1. The fourth-order valence-electron chi connectivity index (χ4n) is 1.41. The van der Waals surface area contributed by atoms with Crippen molar-refractivity contribution in [3.63, 3.8) is 0 Å². The van der Waals surface area contributed by atoms with Gasteiger partial charge in [0.15, 0.2) is 0 Å². The lowest BCUT2D eigenvalue weighted by molar-refractivity contribution is -0.137. The van der Waals surface area contributed by atoms with Crippen molar-refractivity contribution >= 4 is 22.6 Å². The quantitative estimate of drug-likeness (QED) is 0.498. The molecule has 0 fully saturated rings. The van der Waals surface area contributed by atoms with Gasteiger partial charge in [-0.05, 0) is 18.2 Å². The van der Waals surface area contributed by atoms with Crippen molar-refractivity contribution in [1.29, 1.82) is 0 Å². The van der Waals surface area contributed by atoms with E-state index in [1.807, 2.05) is 0 Å². The Kier molecular flexibility index (Phi) is 3.06. The summed E-state index contributed by atoms with van der Waals surface area (Å²) >= 11 is 0. The lowest BCUT2D eigenvalue weighted by Crippen LogP contribution is -2.14. The van der Waals surface area contributed by atoms with E-state index in [0.29, 0.717) is 16.7 Å². The van der Waals surface area contributed by atoms with Crippen LogP contribution >= 0.6 is 0 Å². The normalized spacial score (nSPS) is 10.8. The van der Waals surface area contributed by atoms with E-state index in [-0.39, 0.29) is 17.6 Å². The molecule has 2 rings (SSSR count). The zero-order chi connectivity index (χ0) is 13.3. The summed E-state index contributed by atoms with van der Waals surface area (Å²) in [6.07, 6.45) is 0. The molecule has 0 unspecified atom stereocenters. The monoisotopic (exact) mass is 247 g/mol. The van der Waals surface area contributed by atoms with E-state index in [1.54, 1.807) is 26.0 Å². The number of anilines is 1. The largest absolute Gasteiger partial charge is 0.426 e. The first-order valence-electron chi connectivity index (χ1n) is 5.52. The highest BCUT2D eigenvalue weighted by molar-refractivity contribution is 5.82. The molecule has 5 heteroatoms. The molecule has 0 amide bonds. The Morgan fingerprint density at radius 1 is 1.33 bits per heavy atom. The SMILES string of the molecule is CC(C)C(=O)Oc1ccc2cc(N)c(=O)oc2c1. The van der Waals surface area contributed by atoms with Gasteiger partial charge in [0.25, 0.3) is 0 Å². The van der Waals surface area contributed by atoms with Crippen LogP contribution in [-0.4, -0.2) is 5.97 Å². The molecule has 5 nitrogen and oxygen atoms in total. The van der Waals surface area contributed by atoms with Crippen molar-refractivity contribution in [2.45, 2.75) is 13.8 Å². The minimum atomic E-state index is -0.602. The fraction of sp³-hybridized carbons (Fsp3) is 0.231. The van der Waals surface area contributed by atoms with Crippen LogP contribution in [0.2, 0.25) is 0 Å². The average Bonchev–Trinajstić information content (AvgIpc) is 2.31.